The predicted molar refractivity (Wildman–Crippen MR) is 77.9 cm³/mol. The van der Waals surface area contributed by atoms with E-state index in [4.69, 9.17) is 5.11 Å². The van der Waals surface area contributed by atoms with E-state index < -0.39 is 16.0 Å². The predicted octanol–water partition coefficient (Wildman–Crippen LogP) is 2.20. The standard InChI is InChI=1S/C14H14N2O4S/c1-9-3-10(2)5-13(4-9)21(19,20)16-12-6-11(14(17)18)7-15-8-12/h3-8,16H,1-2H3,(H,17,18). The maximum atomic E-state index is 12.3. The number of anilines is 1. The minimum atomic E-state index is -3.78. The maximum Gasteiger partial charge on any atom is 0.337 e. The number of hydrogen-bond acceptors (Lipinski definition) is 4. The van der Waals surface area contributed by atoms with Gasteiger partial charge in [0.1, 0.15) is 0 Å². The monoisotopic (exact) mass is 306 g/mol. The van der Waals surface area contributed by atoms with Crippen LogP contribution in [0.25, 0.3) is 0 Å². The van der Waals surface area contributed by atoms with Crippen LogP contribution < -0.4 is 4.72 Å². The molecule has 0 aliphatic rings. The van der Waals surface area contributed by atoms with Crippen LogP contribution in [0, 0.1) is 13.8 Å². The number of nitrogens with one attached hydrogen (secondary N) is 1. The highest BCUT2D eigenvalue weighted by molar-refractivity contribution is 7.92. The lowest BCUT2D eigenvalue weighted by Gasteiger charge is -2.09. The summed E-state index contributed by atoms with van der Waals surface area (Å²) in [6, 6.07) is 6.18. The van der Waals surface area contributed by atoms with Gasteiger partial charge in [0, 0.05) is 6.20 Å². The number of carbonyl (C=O) groups is 1. The minimum Gasteiger partial charge on any atom is -0.478 e. The molecule has 0 aliphatic carbocycles. The van der Waals surface area contributed by atoms with Crippen LogP contribution in [-0.2, 0) is 10.0 Å². The molecule has 0 fully saturated rings. The number of aromatic carboxylic acids is 1. The third-order valence-electron chi connectivity index (χ3n) is 2.74. The smallest absolute Gasteiger partial charge is 0.337 e. The molecular formula is C14H14N2O4S. The van der Waals surface area contributed by atoms with E-state index in [2.05, 4.69) is 9.71 Å². The van der Waals surface area contributed by atoms with Crippen LogP contribution in [0.1, 0.15) is 21.5 Å². The van der Waals surface area contributed by atoms with Gasteiger partial charge in [0.05, 0.1) is 22.3 Å². The first kappa shape index (κ1) is 15.0. The van der Waals surface area contributed by atoms with Gasteiger partial charge in [-0.1, -0.05) is 6.07 Å². The molecule has 1 aromatic heterocycles. The second-order valence-electron chi connectivity index (χ2n) is 4.70. The Kier molecular flexibility index (Phi) is 3.95. The highest BCUT2D eigenvalue weighted by Crippen LogP contribution is 2.19. The van der Waals surface area contributed by atoms with Gasteiger partial charge in [0.2, 0.25) is 0 Å². The molecule has 1 heterocycles. The van der Waals surface area contributed by atoms with Gasteiger partial charge in [-0.3, -0.25) is 9.71 Å². The van der Waals surface area contributed by atoms with Gasteiger partial charge in [-0.05, 0) is 43.2 Å². The van der Waals surface area contributed by atoms with Crippen molar-refractivity contribution in [2.75, 3.05) is 4.72 Å². The molecule has 2 aromatic rings. The normalized spacial score (nSPS) is 11.1. The van der Waals surface area contributed by atoms with Crippen LogP contribution in [0.15, 0.2) is 41.6 Å². The number of carboxylic acids is 1. The van der Waals surface area contributed by atoms with Crippen molar-refractivity contribution in [2.24, 2.45) is 0 Å². The number of carboxylic acid groups (broad SMARTS) is 1. The minimum absolute atomic E-state index is 0.0874. The summed E-state index contributed by atoms with van der Waals surface area (Å²) in [5.74, 6) is -1.17. The van der Waals surface area contributed by atoms with Crippen LogP contribution in [-0.4, -0.2) is 24.5 Å². The molecule has 7 heteroatoms. The lowest BCUT2D eigenvalue weighted by molar-refractivity contribution is 0.0696. The Hall–Kier alpha value is -2.41. The first-order valence-electron chi connectivity index (χ1n) is 6.07. The molecule has 2 N–H and O–H groups in total. The van der Waals surface area contributed by atoms with Gasteiger partial charge >= 0.3 is 5.97 Å². The van der Waals surface area contributed by atoms with Crippen LogP contribution >= 0.6 is 0 Å². The lowest BCUT2D eigenvalue weighted by Crippen LogP contribution is -2.14. The van der Waals surface area contributed by atoms with E-state index in [1.54, 1.807) is 26.0 Å². The first-order chi connectivity index (χ1) is 9.78. The van der Waals surface area contributed by atoms with Gasteiger partial charge < -0.3 is 5.11 Å². The number of aromatic nitrogens is 1. The Labute approximate surface area is 122 Å². The number of sulfonamides is 1. The van der Waals surface area contributed by atoms with Crippen molar-refractivity contribution < 1.29 is 18.3 Å². The van der Waals surface area contributed by atoms with Crippen molar-refractivity contribution >= 4 is 21.7 Å². The zero-order valence-corrected chi connectivity index (χ0v) is 12.3. The molecule has 2 rings (SSSR count). The zero-order valence-electron chi connectivity index (χ0n) is 11.5. The molecule has 0 amide bonds. The van der Waals surface area contributed by atoms with E-state index in [9.17, 15) is 13.2 Å². The summed E-state index contributed by atoms with van der Waals surface area (Å²) in [7, 11) is -3.78. The summed E-state index contributed by atoms with van der Waals surface area (Å²) >= 11 is 0. The fraction of sp³-hybridized carbons (Fsp3) is 0.143. The van der Waals surface area contributed by atoms with Crippen molar-refractivity contribution in [2.45, 2.75) is 18.7 Å². The molecular weight excluding hydrogens is 292 g/mol. The Morgan fingerprint density at radius 3 is 2.29 bits per heavy atom. The molecule has 0 spiro atoms. The number of benzene rings is 1. The topological polar surface area (TPSA) is 96.4 Å². The molecule has 0 saturated heterocycles. The van der Waals surface area contributed by atoms with Crippen LogP contribution in [0.4, 0.5) is 5.69 Å². The second kappa shape index (κ2) is 5.53. The molecule has 0 saturated carbocycles. The summed E-state index contributed by atoms with van der Waals surface area (Å²) in [5, 5.41) is 8.88. The third kappa shape index (κ3) is 3.57. The van der Waals surface area contributed by atoms with Crippen molar-refractivity contribution in [3.63, 3.8) is 0 Å². The molecule has 0 atom stereocenters. The van der Waals surface area contributed by atoms with Gasteiger partial charge in [-0.2, -0.15) is 0 Å². The van der Waals surface area contributed by atoms with E-state index in [0.717, 1.165) is 17.3 Å². The fourth-order valence-electron chi connectivity index (χ4n) is 1.91. The maximum absolute atomic E-state index is 12.3. The van der Waals surface area contributed by atoms with E-state index >= 15 is 0 Å². The molecule has 0 radical (unpaired) electrons. The van der Waals surface area contributed by atoms with Gasteiger partial charge in [-0.15, -0.1) is 0 Å². The van der Waals surface area contributed by atoms with Crippen molar-refractivity contribution in [3.05, 3.63) is 53.3 Å². The van der Waals surface area contributed by atoms with E-state index in [1.807, 2.05) is 6.07 Å². The molecule has 6 nitrogen and oxygen atoms in total. The van der Waals surface area contributed by atoms with E-state index in [0.29, 0.717) is 0 Å². The van der Waals surface area contributed by atoms with Crippen LogP contribution in [0.3, 0.4) is 0 Å². The molecule has 0 unspecified atom stereocenters. The summed E-state index contributed by atoms with van der Waals surface area (Å²) in [4.78, 5) is 14.7. The molecule has 0 bridgehead atoms. The summed E-state index contributed by atoms with van der Waals surface area (Å²) < 4.78 is 26.9. The Balaban J connectivity index is 2.37. The van der Waals surface area contributed by atoms with Crippen molar-refractivity contribution in [1.29, 1.82) is 0 Å². The van der Waals surface area contributed by atoms with Gasteiger partial charge in [0.15, 0.2) is 0 Å². The number of nitrogens with zero attached hydrogens (tertiary/aromatic N) is 1. The van der Waals surface area contributed by atoms with Crippen LogP contribution in [0.2, 0.25) is 0 Å². The average molecular weight is 306 g/mol. The largest absolute Gasteiger partial charge is 0.478 e. The average Bonchev–Trinajstić information content (AvgIpc) is 2.37. The molecule has 21 heavy (non-hydrogen) atoms. The SMILES string of the molecule is Cc1cc(C)cc(S(=O)(=O)Nc2cncc(C(=O)O)c2)c1. The Morgan fingerprint density at radius 2 is 1.71 bits per heavy atom. The molecule has 0 aliphatic heterocycles. The third-order valence-corrected chi connectivity index (χ3v) is 4.10. The quantitative estimate of drug-likeness (QED) is 0.902. The zero-order chi connectivity index (χ0) is 15.6. The second-order valence-corrected chi connectivity index (χ2v) is 6.38. The number of hydrogen-bond donors (Lipinski definition) is 2. The summed E-state index contributed by atoms with van der Waals surface area (Å²) in [6.45, 7) is 3.61. The van der Waals surface area contributed by atoms with E-state index in [-0.39, 0.29) is 16.1 Å². The number of aryl methyl sites for hydroxylation is 2. The highest BCUT2D eigenvalue weighted by atomic mass is 32.2. The highest BCUT2D eigenvalue weighted by Gasteiger charge is 2.16. The van der Waals surface area contributed by atoms with Crippen LogP contribution in [0.5, 0.6) is 0 Å². The van der Waals surface area contributed by atoms with Gasteiger partial charge in [0.25, 0.3) is 10.0 Å². The summed E-state index contributed by atoms with van der Waals surface area (Å²) in [5.41, 5.74) is 1.67. The van der Waals surface area contributed by atoms with Crippen molar-refractivity contribution in [3.8, 4) is 0 Å². The van der Waals surface area contributed by atoms with Crippen molar-refractivity contribution in [1.82, 2.24) is 4.98 Å². The van der Waals surface area contributed by atoms with Gasteiger partial charge in [-0.25, -0.2) is 13.2 Å². The Morgan fingerprint density at radius 1 is 1.10 bits per heavy atom. The fourth-order valence-corrected chi connectivity index (χ4v) is 3.14. The summed E-state index contributed by atoms with van der Waals surface area (Å²) in [6.07, 6.45) is 2.41. The Bertz CT molecular complexity index is 780. The lowest BCUT2D eigenvalue weighted by atomic mass is 10.2. The molecule has 1 aromatic carbocycles. The number of pyridine rings is 1. The molecule has 110 valence electrons. The van der Waals surface area contributed by atoms with E-state index in [1.165, 1.54) is 12.3 Å². The first-order valence-corrected chi connectivity index (χ1v) is 7.56. The number of rotatable bonds is 4.